The minimum atomic E-state index is 0.434. The second-order valence-corrected chi connectivity index (χ2v) is 8.76. The van der Waals surface area contributed by atoms with Crippen molar-refractivity contribution in [3.05, 3.63) is 36.5 Å². The highest BCUT2D eigenvalue weighted by molar-refractivity contribution is 5.05. The molecule has 0 aromatic rings. The molecular weight excluding hydrogens is 328 g/mol. The third-order valence-corrected chi connectivity index (χ3v) is 6.90. The molecule has 0 amide bonds. The number of unbranched alkanes of at least 4 members (excludes halogenated alkanes) is 3. The summed E-state index contributed by atoms with van der Waals surface area (Å²) in [5.74, 6) is 4.15. The maximum absolute atomic E-state index is 9.72. The number of hydrogen-bond acceptors (Lipinski definition) is 1. The maximum atomic E-state index is 9.72. The van der Waals surface area contributed by atoms with Crippen LogP contribution in [0, 0.1) is 29.6 Å². The van der Waals surface area contributed by atoms with Gasteiger partial charge in [0, 0.05) is 6.61 Å². The largest absolute Gasteiger partial charge is 0.396 e. The summed E-state index contributed by atoms with van der Waals surface area (Å²) in [6.07, 6.45) is 29.5. The van der Waals surface area contributed by atoms with Gasteiger partial charge in [0.05, 0.1) is 0 Å². The molecule has 0 aromatic heterocycles. The van der Waals surface area contributed by atoms with E-state index < -0.39 is 0 Å². The SMILES string of the molecule is CCC=CCCC=CCCCC1C(CCCC=CCC)CCC2C(CO)C12. The molecule has 1 N–H and O–H groups in total. The minimum absolute atomic E-state index is 0.434. The summed E-state index contributed by atoms with van der Waals surface area (Å²) in [5.41, 5.74) is 0. The van der Waals surface area contributed by atoms with Crippen LogP contribution in [0.3, 0.4) is 0 Å². The summed E-state index contributed by atoms with van der Waals surface area (Å²) in [7, 11) is 0. The van der Waals surface area contributed by atoms with E-state index in [1.54, 1.807) is 0 Å². The smallest absolute Gasteiger partial charge is 0.0464 e. The number of rotatable bonds is 14. The highest BCUT2D eigenvalue weighted by Gasteiger charge is 2.56. The predicted octanol–water partition coefficient (Wildman–Crippen LogP) is 7.48. The van der Waals surface area contributed by atoms with Gasteiger partial charge < -0.3 is 5.11 Å². The van der Waals surface area contributed by atoms with Crippen molar-refractivity contribution in [1.29, 1.82) is 0 Å². The lowest BCUT2D eigenvalue weighted by Gasteiger charge is -2.31. The van der Waals surface area contributed by atoms with E-state index >= 15 is 0 Å². The van der Waals surface area contributed by atoms with Crippen LogP contribution in [0.5, 0.6) is 0 Å². The highest BCUT2D eigenvalue weighted by atomic mass is 16.3. The van der Waals surface area contributed by atoms with Gasteiger partial charge in [-0.15, -0.1) is 0 Å². The van der Waals surface area contributed by atoms with Crippen LogP contribution in [0.2, 0.25) is 0 Å². The summed E-state index contributed by atoms with van der Waals surface area (Å²) in [6, 6.07) is 0. The standard InChI is InChI=1S/C26H44O/c1-3-5-7-9-10-11-12-14-16-18-23-22(17-15-13-8-6-4-2)19-20-24-25(21-27)26(23)24/h5-8,11-12,22-27H,3-4,9-10,13-21H2,1-2H3. The van der Waals surface area contributed by atoms with Gasteiger partial charge in [0.15, 0.2) is 0 Å². The van der Waals surface area contributed by atoms with Crippen LogP contribution in [0.15, 0.2) is 36.5 Å². The summed E-state index contributed by atoms with van der Waals surface area (Å²) >= 11 is 0. The quantitative estimate of drug-likeness (QED) is 0.247. The molecule has 2 aliphatic carbocycles. The topological polar surface area (TPSA) is 20.2 Å². The average molecular weight is 373 g/mol. The van der Waals surface area contributed by atoms with Crippen LogP contribution < -0.4 is 0 Å². The minimum Gasteiger partial charge on any atom is -0.396 e. The Kier molecular flexibility index (Phi) is 11.1. The molecule has 0 spiro atoms. The van der Waals surface area contributed by atoms with Crippen LogP contribution in [0.1, 0.15) is 90.9 Å². The molecule has 1 heteroatoms. The van der Waals surface area contributed by atoms with Gasteiger partial charge in [-0.3, -0.25) is 0 Å². The zero-order valence-corrected chi connectivity index (χ0v) is 18.0. The van der Waals surface area contributed by atoms with Gasteiger partial charge in [-0.1, -0.05) is 50.3 Å². The third-order valence-electron chi connectivity index (χ3n) is 6.90. The van der Waals surface area contributed by atoms with E-state index in [0.717, 1.165) is 36.5 Å². The van der Waals surface area contributed by atoms with E-state index in [4.69, 9.17) is 0 Å². The molecule has 2 rings (SSSR count). The van der Waals surface area contributed by atoms with E-state index in [1.807, 2.05) is 0 Å². The van der Waals surface area contributed by atoms with Crippen molar-refractivity contribution >= 4 is 0 Å². The maximum Gasteiger partial charge on any atom is 0.0464 e. The molecule has 5 unspecified atom stereocenters. The Morgan fingerprint density at radius 1 is 0.704 bits per heavy atom. The second kappa shape index (κ2) is 13.4. The third kappa shape index (κ3) is 7.60. The molecule has 0 aliphatic heterocycles. The number of aliphatic hydroxyl groups is 1. The van der Waals surface area contributed by atoms with E-state index in [-0.39, 0.29) is 0 Å². The lowest BCUT2D eigenvalue weighted by molar-refractivity contribution is 0.184. The molecule has 2 aliphatic rings. The fourth-order valence-corrected chi connectivity index (χ4v) is 5.46. The summed E-state index contributed by atoms with van der Waals surface area (Å²) < 4.78 is 0. The molecule has 2 fully saturated rings. The first-order valence-electron chi connectivity index (χ1n) is 11.9. The van der Waals surface area contributed by atoms with Gasteiger partial charge in [-0.2, -0.15) is 0 Å². The van der Waals surface area contributed by atoms with Gasteiger partial charge >= 0.3 is 0 Å². The average Bonchev–Trinajstić information content (AvgIpc) is 3.41. The molecule has 5 atom stereocenters. The molecule has 1 nitrogen and oxygen atoms in total. The van der Waals surface area contributed by atoms with E-state index in [2.05, 4.69) is 50.3 Å². The Labute approximate surface area is 169 Å². The summed E-state index contributed by atoms with van der Waals surface area (Å²) in [5, 5.41) is 9.72. The number of aliphatic hydroxyl groups excluding tert-OH is 1. The van der Waals surface area contributed by atoms with Crippen LogP contribution in [0.25, 0.3) is 0 Å². The molecular formula is C26H44O. The van der Waals surface area contributed by atoms with Crippen LogP contribution in [-0.4, -0.2) is 11.7 Å². The van der Waals surface area contributed by atoms with Gasteiger partial charge in [0.2, 0.25) is 0 Å². The van der Waals surface area contributed by atoms with Gasteiger partial charge in [0.25, 0.3) is 0 Å². The highest BCUT2D eigenvalue weighted by Crippen LogP contribution is 2.61. The molecule has 0 bridgehead atoms. The Hall–Kier alpha value is -0.820. The molecule has 2 saturated carbocycles. The van der Waals surface area contributed by atoms with Crippen molar-refractivity contribution in [2.75, 3.05) is 6.61 Å². The van der Waals surface area contributed by atoms with Crippen molar-refractivity contribution in [2.24, 2.45) is 29.6 Å². The van der Waals surface area contributed by atoms with Crippen molar-refractivity contribution in [1.82, 2.24) is 0 Å². The van der Waals surface area contributed by atoms with E-state index in [1.165, 1.54) is 64.2 Å². The lowest BCUT2D eigenvalue weighted by Crippen LogP contribution is -2.22. The molecule has 0 radical (unpaired) electrons. The van der Waals surface area contributed by atoms with Gasteiger partial charge in [0.1, 0.15) is 0 Å². The molecule has 0 aromatic carbocycles. The zero-order chi connectivity index (χ0) is 19.3. The predicted molar refractivity (Wildman–Crippen MR) is 119 cm³/mol. The number of allylic oxidation sites excluding steroid dienone is 6. The Morgan fingerprint density at radius 2 is 1.30 bits per heavy atom. The molecule has 0 heterocycles. The Balaban J connectivity index is 1.71. The Bertz CT molecular complexity index is 457. The number of hydrogen-bond donors (Lipinski definition) is 1. The van der Waals surface area contributed by atoms with E-state index in [0.29, 0.717) is 12.5 Å². The fourth-order valence-electron chi connectivity index (χ4n) is 5.46. The first-order chi connectivity index (χ1) is 13.3. The first kappa shape index (κ1) is 22.5. The molecule has 0 saturated heterocycles. The summed E-state index contributed by atoms with van der Waals surface area (Å²) in [4.78, 5) is 0. The second-order valence-electron chi connectivity index (χ2n) is 8.76. The van der Waals surface area contributed by atoms with Crippen LogP contribution in [0.4, 0.5) is 0 Å². The van der Waals surface area contributed by atoms with Crippen molar-refractivity contribution in [3.8, 4) is 0 Å². The molecule has 27 heavy (non-hydrogen) atoms. The van der Waals surface area contributed by atoms with E-state index in [9.17, 15) is 5.11 Å². The Morgan fingerprint density at radius 3 is 1.96 bits per heavy atom. The lowest BCUT2D eigenvalue weighted by atomic mass is 9.74. The van der Waals surface area contributed by atoms with Crippen LogP contribution in [-0.2, 0) is 0 Å². The van der Waals surface area contributed by atoms with Crippen molar-refractivity contribution < 1.29 is 5.11 Å². The monoisotopic (exact) mass is 372 g/mol. The zero-order valence-electron chi connectivity index (χ0n) is 18.0. The normalized spacial score (nSPS) is 30.6. The van der Waals surface area contributed by atoms with Crippen LogP contribution >= 0.6 is 0 Å². The summed E-state index contributed by atoms with van der Waals surface area (Å²) in [6.45, 7) is 4.84. The molecule has 154 valence electrons. The van der Waals surface area contributed by atoms with Gasteiger partial charge in [-0.05, 0) is 107 Å². The van der Waals surface area contributed by atoms with Crippen molar-refractivity contribution in [2.45, 2.75) is 90.9 Å². The first-order valence-corrected chi connectivity index (χ1v) is 11.9. The number of fused-ring (bicyclic) bond motifs is 1. The van der Waals surface area contributed by atoms with Gasteiger partial charge in [-0.25, -0.2) is 0 Å². The fraction of sp³-hybridized carbons (Fsp3) is 0.769. The van der Waals surface area contributed by atoms with Crippen molar-refractivity contribution in [3.63, 3.8) is 0 Å².